The molecular weight excluding hydrogens is 318 g/mol. The van der Waals surface area contributed by atoms with Gasteiger partial charge in [-0.3, -0.25) is 0 Å². The number of nitrogens with zero attached hydrogens (tertiary/aromatic N) is 3. The number of para-hydroxylation sites is 1. The van der Waals surface area contributed by atoms with Gasteiger partial charge >= 0.3 is 0 Å². The number of nitrogen functional groups attached to an aromatic ring is 1. The van der Waals surface area contributed by atoms with Crippen LogP contribution in [-0.4, -0.2) is 19.6 Å². The largest absolute Gasteiger partial charge is 0.384 e. The lowest BCUT2D eigenvalue weighted by atomic mass is 10.2. The Balaban J connectivity index is 2.01. The zero-order valence-corrected chi connectivity index (χ0v) is 11.9. The molecule has 4 rings (SSSR count). The highest BCUT2D eigenvalue weighted by Crippen LogP contribution is 2.27. The normalized spacial score (nSPS) is 11.4. The van der Waals surface area contributed by atoms with E-state index in [0.717, 1.165) is 26.6 Å². The molecule has 0 unspecified atom stereocenters. The molecule has 3 aromatic heterocycles. The Kier molecular flexibility index (Phi) is 2.34. The number of benzene rings is 1. The third-order valence-electron chi connectivity index (χ3n) is 3.26. The van der Waals surface area contributed by atoms with Gasteiger partial charge in [0, 0.05) is 27.1 Å². The number of anilines is 1. The number of aromatic amines is 1. The number of hydrogen-bond acceptors (Lipinski definition) is 3. The van der Waals surface area contributed by atoms with Crippen LogP contribution in [0.1, 0.15) is 0 Å². The third-order valence-corrected chi connectivity index (χ3v) is 3.72. The van der Waals surface area contributed by atoms with Gasteiger partial charge < -0.3 is 10.7 Å². The van der Waals surface area contributed by atoms with E-state index >= 15 is 0 Å². The van der Waals surface area contributed by atoms with Crippen molar-refractivity contribution >= 4 is 38.3 Å². The minimum Gasteiger partial charge on any atom is -0.384 e. The van der Waals surface area contributed by atoms with E-state index in [0.29, 0.717) is 11.6 Å². The summed E-state index contributed by atoms with van der Waals surface area (Å²) in [6.45, 7) is 0. The van der Waals surface area contributed by atoms with Crippen molar-refractivity contribution in [2.24, 2.45) is 0 Å². The van der Waals surface area contributed by atoms with Crippen molar-refractivity contribution in [1.29, 1.82) is 0 Å². The standard InChI is InChI=1S/C14H10BrN5/c15-8-5-12(16)20-13(6-8)18-14(19-20)10-7-17-11-4-2-1-3-9(10)11/h1-7,17H,16H2. The lowest BCUT2D eigenvalue weighted by molar-refractivity contribution is 0.977. The summed E-state index contributed by atoms with van der Waals surface area (Å²) < 4.78 is 2.53. The maximum atomic E-state index is 5.96. The highest BCUT2D eigenvalue weighted by Gasteiger charge is 2.12. The fraction of sp³-hybridized carbons (Fsp3) is 0. The van der Waals surface area contributed by atoms with Crippen LogP contribution in [0.5, 0.6) is 0 Å². The molecule has 0 atom stereocenters. The second kappa shape index (κ2) is 4.08. The monoisotopic (exact) mass is 327 g/mol. The van der Waals surface area contributed by atoms with E-state index in [1.165, 1.54) is 0 Å². The molecule has 0 aliphatic heterocycles. The number of fused-ring (bicyclic) bond motifs is 2. The molecule has 0 amide bonds. The molecule has 0 saturated carbocycles. The minimum absolute atomic E-state index is 0.549. The van der Waals surface area contributed by atoms with Gasteiger partial charge in [0.15, 0.2) is 11.5 Å². The second-order valence-electron chi connectivity index (χ2n) is 4.55. The molecule has 6 heteroatoms. The average molecular weight is 328 g/mol. The minimum atomic E-state index is 0.549. The molecule has 0 aliphatic rings. The molecule has 20 heavy (non-hydrogen) atoms. The predicted octanol–water partition coefficient (Wildman–Crippen LogP) is 3.22. The van der Waals surface area contributed by atoms with Crippen molar-refractivity contribution in [3.05, 3.63) is 47.1 Å². The first kappa shape index (κ1) is 11.5. The number of rotatable bonds is 1. The van der Waals surface area contributed by atoms with Gasteiger partial charge in [0.05, 0.1) is 0 Å². The van der Waals surface area contributed by atoms with Crippen molar-refractivity contribution in [2.45, 2.75) is 0 Å². The Morgan fingerprint density at radius 2 is 2.05 bits per heavy atom. The zero-order chi connectivity index (χ0) is 13.7. The number of pyridine rings is 1. The molecule has 4 aromatic rings. The Bertz CT molecular complexity index is 937. The summed E-state index contributed by atoms with van der Waals surface area (Å²) >= 11 is 3.41. The van der Waals surface area contributed by atoms with Gasteiger partial charge in [-0.1, -0.05) is 34.1 Å². The average Bonchev–Trinajstić information content (AvgIpc) is 3.01. The molecule has 0 spiro atoms. The smallest absolute Gasteiger partial charge is 0.184 e. The van der Waals surface area contributed by atoms with Gasteiger partial charge in [0.2, 0.25) is 0 Å². The summed E-state index contributed by atoms with van der Waals surface area (Å²) in [5.41, 5.74) is 8.72. The third kappa shape index (κ3) is 1.61. The molecule has 0 bridgehead atoms. The molecule has 0 fully saturated rings. The summed E-state index contributed by atoms with van der Waals surface area (Å²) in [6, 6.07) is 11.8. The van der Waals surface area contributed by atoms with Crippen LogP contribution in [0.2, 0.25) is 0 Å². The van der Waals surface area contributed by atoms with E-state index in [2.05, 4.69) is 31.0 Å². The van der Waals surface area contributed by atoms with E-state index in [4.69, 9.17) is 5.73 Å². The lowest BCUT2D eigenvalue weighted by Gasteiger charge is -1.97. The number of H-pyrrole nitrogens is 1. The molecule has 0 aliphatic carbocycles. The number of nitrogens with two attached hydrogens (primary N) is 1. The van der Waals surface area contributed by atoms with Crippen LogP contribution in [0, 0.1) is 0 Å². The number of aromatic nitrogens is 4. The van der Waals surface area contributed by atoms with Crippen molar-refractivity contribution in [3.63, 3.8) is 0 Å². The van der Waals surface area contributed by atoms with Crippen LogP contribution in [0.4, 0.5) is 5.82 Å². The fourth-order valence-corrected chi connectivity index (χ4v) is 2.78. The molecule has 0 saturated heterocycles. The van der Waals surface area contributed by atoms with E-state index in [-0.39, 0.29) is 0 Å². The van der Waals surface area contributed by atoms with E-state index in [9.17, 15) is 0 Å². The Hall–Kier alpha value is -2.34. The van der Waals surface area contributed by atoms with Gasteiger partial charge in [-0.05, 0) is 18.2 Å². The summed E-state index contributed by atoms with van der Waals surface area (Å²) in [6.07, 6.45) is 1.92. The highest BCUT2D eigenvalue weighted by molar-refractivity contribution is 9.10. The van der Waals surface area contributed by atoms with Gasteiger partial charge in [-0.25, -0.2) is 4.98 Å². The van der Waals surface area contributed by atoms with Crippen LogP contribution in [0.25, 0.3) is 27.9 Å². The number of hydrogen-bond donors (Lipinski definition) is 2. The maximum Gasteiger partial charge on any atom is 0.184 e. The summed E-state index contributed by atoms with van der Waals surface area (Å²) in [4.78, 5) is 7.78. The summed E-state index contributed by atoms with van der Waals surface area (Å²) in [7, 11) is 0. The molecule has 3 N–H and O–H groups in total. The van der Waals surface area contributed by atoms with Gasteiger partial charge in [0.25, 0.3) is 0 Å². The van der Waals surface area contributed by atoms with Crippen molar-refractivity contribution in [2.75, 3.05) is 5.73 Å². The van der Waals surface area contributed by atoms with Crippen molar-refractivity contribution < 1.29 is 0 Å². The quantitative estimate of drug-likeness (QED) is 0.563. The van der Waals surface area contributed by atoms with Gasteiger partial charge in [-0.15, -0.1) is 5.10 Å². The number of nitrogens with one attached hydrogen (secondary N) is 1. The highest BCUT2D eigenvalue weighted by atomic mass is 79.9. The van der Waals surface area contributed by atoms with E-state index in [1.54, 1.807) is 10.6 Å². The molecular formula is C14H10BrN5. The van der Waals surface area contributed by atoms with Gasteiger partial charge in [0.1, 0.15) is 5.82 Å². The van der Waals surface area contributed by atoms with Crippen LogP contribution in [0.3, 0.4) is 0 Å². The molecule has 0 radical (unpaired) electrons. The van der Waals surface area contributed by atoms with E-state index in [1.807, 2.05) is 36.5 Å². The summed E-state index contributed by atoms with van der Waals surface area (Å²) in [5.74, 6) is 1.21. The zero-order valence-electron chi connectivity index (χ0n) is 10.3. The molecule has 1 aromatic carbocycles. The van der Waals surface area contributed by atoms with Crippen LogP contribution >= 0.6 is 15.9 Å². The van der Waals surface area contributed by atoms with Crippen molar-refractivity contribution in [3.8, 4) is 11.4 Å². The summed E-state index contributed by atoms with van der Waals surface area (Å²) in [5, 5.41) is 5.58. The fourth-order valence-electron chi connectivity index (χ4n) is 2.35. The first-order valence-electron chi connectivity index (χ1n) is 6.11. The van der Waals surface area contributed by atoms with Gasteiger partial charge in [-0.2, -0.15) is 4.52 Å². The molecule has 98 valence electrons. The maximum absolute atomic E-state index is 5.96. The predicted molar refractivity (Wildman–Crippen MR) is 82.4 cm³/mol. The lowest BCUT2D eigenvalue weighted by Crippen LogP contribution is -1.97. The topological polar surface area (TPSA) is 72.0 Å². The van der Waals surface area contributed by atoms with Crippen molar-refractivity contribution in [1.82, 2.24) is 19.6 Å². The SMILES string of the molecule is Nc1cc(Br)cc2nc(-c3c[nH]c4ccccc34)nn12. The van der Waals surface area contributed by atoms with E-state index < -0.39 is 0 Å². The number of halogens is 1. The molecule has 5 nitrogen and oxygen atoms in total. The molecule has 3 heterocycles. The van der Waals surface area contributed by atoms with Crippen LogP contribution in [-0.2, 0) is 0 Å². The second-order valence-corrected chi connectivity index (χ2v) is 5.47. The Morgan fingerprint density at radius 3 is 2.95 bits per heavy atom. The Morgan fingerprint density at radius 1 is 1.20 bits per heavy atom. The first-order chi connectivity index (χ1) is 9.72. The first-order valence-corrected chi connectivity index (χ1v) is 6.90. The Labute approximate surface area is 122 Å². The van der Waals surface area contributed by atoms with Crippen LogP contribution < -0.4 is 5.73 Å². The van der Waals surface area contributed by atoms with Crippen LogP contribution in [0.15, 0.2) is 47.1 Å².